The maximum atomic E-state index is 12.6. The third-order valence-corrected chi connectivity index (χ3v) is 5.13. The number of hydrogen-bond donors (Lipinski definition) is 2. The quantitative estimate of drug-likeness (QED) is 0.759. The maximum absolute atomic E-state index is 12.6. The number of primary sulfonamides is 1. The van der Waals surface area contributed by atoms with E-state index in [1.54, 1.807) is 18.9 Å². The fourth-order valence-electron chi connectivity index (χ4n) is 2.40. The van der Waals surface area contributed by atoms with Gasteiger partial charge in [0, 0.05) is 12.2 Å². The molecule has 2 aromatic carbocycles. The van der Waals surface area contributed by atoms with Gasteiger partial charge in [-0.3, -0.25) is 9.69 Å². The molecule has 0 radical (unpaired) electrons. The summed E-state index contributed by atoms with van der Waals surface area (Å²) in [5.41, 5.74) is 0.299. The zero-order chi connectivity index (χ0) is 21.1. The first kappa shape index (κ1) is 21.9. The normalized spacial score (nSPS) is 13.4. The molecule has 10 heteroatoms. The number of rotatable bonds is 6. The number of likely N-dealkylation sites (N-methyl/N-ethyl adjacent to an activating group) is 1. The summed E-state index contributed by atoms with van der Waals surface area (Å²) in [6.07, 6.45) is -4.39. The number of carbonyl (C=O) groups excluding carboxylic acids is 1. The summed E-state index contributed by atoms with van der Waals surface area (Å²) < 4.78 is 60.3. The smallest absolute Gasteiger partial charge is 0.325 e. The van der Waals surface area contributed by atoms with Crippen molar-refractivity contribution in [3.63, 3.8) is 0 Å². The molecular formula is C18H20F3N3O3S. The zero-order valence-corrected chi connectivity index (χ0v) is 16.0. The Morgan fingerprint density at radius 2 is 1.64 bits per heavy atom. The molecule has 0 spiro atoms. The number of benzene rings is 2. The van der Waals surface area contributed by atoms with Gasteiger partial charge in [0.15, 0.2) is 0 Å². The number of hydrogen-bond acceptors (Lipinski definition) is 4. The van der Waals surface area contributed by atoms with E-state index in [2.05, 4.69) is 5.32 Å². The largest absolute Gasteiger partial charge is 0.416 e. The lowest BCUT2D eigenvalue weighted by atomic mass is 10.1. The van der Waals surface area contributed by atoms with Crippen molar-refractivity contribution >= 4 is 21.6 Å². The van der Waals surface area contributed by atoms with Crippen LogP contribution in [0.1, 0.15) is 18.1 Å². The van der Waals surface area contributed by atoms with Crippen molar-refractivity contribution in [1.82, 2.24) is 4.90 Å². The second kappa shape index (κ2) is 8.29. The van der Waals surface area contributed by atoms with Crippen LogP contribution in [0, 0.1) is 0 Å². The second-order valence-electron chi connectivity index (χ2n) is 6.34. The molecule has 0 saturated heterocycles. The van der Waals surface area contributed by atoms with Crippen LogP contribution in [0.3, 0.4) is 0 Å². The highest BCUT2D eigenvalue weighted by Crippen LogP contribution is 2.29. The summed E-state index contributed by atoms with van der Waals surface area (Å²) >= 11 is 0. The highest BCUT2D eigenvalue weighted by molar-refractivity contribution is 7.89. The van der Waals surface area contributed by atoms with Gasteiger partial charge in [0.05, 0.1) is 16.5 Å². The topological polar surface area (TPSA) is 92.5 Å². The summed E-state index contributed by atoms with van der Waals surface area (Å²) in [5, 5.41) is 7.67. The molecule has 0 aliphatic heterocycles. The monoisotopic (exact) mass is 415 g/mol. The molecule has 0 heterocycles. The Morgan fingerprint density at radius 3 is 2.11 bits per heavy atom. The van der Waals surface area contributed by atoms with E-state index in [9.17, 15) is 26.4 Å². The second-order valence-corrected chi connectivity index (χ2v) is 7.91. The standard InChI is InChI=1S/C18H20F3N3O3S/c1-12(17(25)23-15-7-9-16(10-8-15)28(22,26)27)24(2)11-13-3-5-14(6-4-13)18(19,20)21/h3-10,12H,11H2,1-2H3,(H,23,25)(H2,22,26,27)/t12-/m0/s1. The fourth-order valence-corrected chi connectivity index (χ4v) is 2.91. The van der Waals surface area contributed by atoms with Gasteiger partial charge in [-0.15, -0.1) is 0 Å². The average molecular weight is 415 g/mol. The van der Waals surface area contributed by atoms with E-state index in [1.807, 2.05) is 0 Å². The van der Waals surface area contributed by atoms with Gasteiger partial charge in [0.2, 0.25) is 15.9 Å². The predicted molar refractivity (Wildman–Crippen MR) is 98.8 cm³/mol. The fraction of sp³-hybridized carbons (Fsp3) is 0.278. The summed E-state index contributed by atoms with van der Waals surface area (Å²) in [5.74, 6) is -0.349. The van der Waals surface area contributed by atoms with E-state index in [1.165, 1.54) is 36.4 Å². The summed E-state index contributed by atoms with van der Waals surface area (Å²) in [6.45, 7) is 1.93. The molecule has 0 aliphatic rings. The molecule has 0 aliphatic carbocycles. The SMILES string of the molecule is C[C@@H](C(=O)Nc1ccc(S(N)(=O)=O)cc1)N(C)Cc1ccc(C(F)(F)F)cc1. The number of carbonyl (C=O) groups is 1. The number of nitrogens with one attached hydrogen (secondary N) is 1. The molecule has 0 fully saturated rings. The van der Waals surface area contributed by atoms with Crippen molar-refractivity contribution in [2.45, 2.75) is 30.6 Å². The molecule has 28 heavy (non-hydrogen) atoms. The van der Waals surface area contributed by atoms with E-state index >= 15 is 0 Å². The van der Waals surface area contributed by atoms with Crippen LogP contribution in [0.15, 0.2) is 53.4 Å². The van der Waals surface area contributed by atoms with Gasteiger partial charge in [-0.1, -0.05) is 12.1 Å². The first-order valence-corrected chi connectivity index (χ1v) is 9.72. The third kappa shape index (κ3) is 5.78. The van der Waals surface area contributed by atoms with E-state index in [0.29, 0.717) is 11.3 Å². The van der Waals surface area contributed by atoms with Crippen LogP contribution < -0.4 is 10.5 Å². The number of sulfonamides is 1. The minimum absolute atomic E-state index is 0.0713. The number of alkyl halides is 3. The number of nitrogens with two attached hydrogens (primary N) is 1. The lowest BCUT2D eigenvalue weighted by Crippen LogP contribution is -2.39. The predicted octanol–water partition coefficient (Wildman–Crippen LogP) is 2.81. The lowest BCUT2D eigenvalue weighted by Gasteiger charge is -2.24. The number of halogens is 3. The van der Waals surface area contributed by atoms with E-state index in [0.717, 1.165) is 12.1 Å². The minimum Gasteiger partial charge on any atom is -0.325 e. The molecule has 1 amide bonds. The van der Waals surface area contributed by atoms with Gasteiger partial charge in [-0.25, -0.2) is 13.6 Å². The molecule has 2 rings (SSSR count). The number of anilines is 1. The first-order valence-electron chi connectivity index (χ1n) is 8.18. The number of nitrogens with zero attached hydrogens (tertiary/aromatic N) is 1. The zero-order valence-electron chi connectivity index (χ0n) is 15.2. The molecule has 6 nitrogen and oxygen atoms in total. The van der Waals surface area contributed by atoms with Crippen molar-refractivity contribution in [2.75, 3.05) is 12.4 Å². The van der Waals surface area contributed by atoms with Gasteiger partial charge in [-0.05, 0) is 55.9 Å². The molecule has 0 saturated carbocycles. The molecule has 152 valence electrons. The molecule has 0 aromatic heterocycles. The van der Waals surface area contributed by atoms with Gasteiger partial charge < -0.3 is 5.32 Å². The van der Waals surface area contributed by atoms with Crippen LogP contribution in [-0.2, 0) is 27.5 Å². The van der Waals surface area contributed by atoms with Crippen LogP contribution in [0.5, 0.6) is 0 Å². The number of amides is 1. The third-order valence-electron chi connectivity index (χ3n) is 4.20. The molecule has 0 unspecified atom stereocenters. The van der Waals surface area contributed by atoms with Crippen molar-refractivity contribution in [3.05, 3.63) is 59.7 Å². The van der Waals surface area contributed by atoms with Gasteiger partial charge in [-0.2, -0.15) is 13.2 Å². The Bertz CT molecular complexity index is 927. The van der Waals surface area contributed by atoms with Crippen LogP contribution in [0.25, 0.3) is 0 Å². The molecule has 1 atom stereocenters. The lowest BCUT2D eigenvalue weighted by molar-refractivity contribution is -0.137. The van der Waals surface area contributed by atoms with E-state index in [4.69, 9.17) is 5.14 Å². The van der Waals surface area contributed by atoms with Gasteiger partial charge in [0.25, 0.3) is 0 Å². The summed E-state index contributed by atoms with van der Waals surface area (Å²) in [4.78, 5) is 14.0. The van der Waals surface area contributed by atoms with Crippen molar-refractivity contribution < 1.29 is 26.4 Å². The van der Waals surface area contributed by atoms with E-state index < -0.39 is 27.8 Å². The van der Waals surface area contributed by atoms with Crippen molar-refractivity contribution in [1.29, 1.82) is 0 Å². The van der Waals surface area contributed by atoms with Crippen LogP contribution in [0.2, 0.25) is 0 Å². The minimum atomic E-state index is -4.39. The molecule has 2 aromatic rings. The summed E-state index contributed by atoms with van der Waals surface area (Å²) in [7, 11) is -2.14. The van der Waals surface area contributed by atoms with Crippen LogP contribution in [-0.4, -0.2) is 32.3 Å². The van der Waals surface area contributed by atoms with E-state index in [-0.39, 0.29) is 17.3 Å². The molecule has 0 bridgehead atoms. The highest BCUT2D eigenvalue weighted by Gasteiger charge is 2.30. The van der Waals surface area contributed by atoms with Gasteiger partial charge >= 0.3 is 6.18 Å². The Labute approximate surface area is 161 Å². The average Bonchev–Trinajstić information content (AvgIpc) is 2.60. The van der Waals surface area contributed by atoms with Crippen molar-refractivity contribution in [3.8, 4) is 0 Å². The molecular weight excluding hydrogens is 395 g/mol. The van der Waals surface area contributed by atoms with Crippen molar-refractivity contribution in [2.24, 2.45) is 5.14 Å². The Balaban J connectivity index is 1.98. The summed E-state index contributed by atoms with van der Waals surface area (Å²) in [6, 6.07) is 9.55. The first-order chi connectivity index (χ1) is 12.9. The Kier molecular flexibility index (Phi) is 6.48. The molecule has 3 N–H and O–H groups in total. The Hall–Kier alpha value is -2.43. The maximum Gasteiger partial charge on any atom is 0.416 e. The van der Waals surface area contributed by atoms with Crippen LogP contribution in [0.4, 0.5) is 18.9 Å². The Morgan fingerprint density at radius 1 is 1.11 bits per heavy atom. The highest BCUT2D eigenvalue weighted by atomic mass is 32.2. The van der Waals surface area contributed by atoms with Crippen LogP contribution >= 0.6 is 0 Å². The van der Waals surface area contributed by atoms with Gasteiger partial charge in [0.1, 0.15) is 0 Å².